The molecule has 6 rings (SSSR count). The molecule has 1 aliphatic carbocycles. The molecule has 41 heavy (non-hydrogen) atoms. The number of amides is 1. The van der Waals surface area contributed by atoms with E-state index >= 15 is 0 Å². The van der Waals surface area contributed by atoms with Gasteiger partial charge in [-0.1, -0.05) is 6.07 Å². The quantitative estimate of drug-likeness (QED) is 0.256. The summed E-state index contributed by atoms with van der Waals surface area (Å²) >= 11 is 0. The van der Waals surface area contributed by atoms with Gasteiger partial charge in [0.1, 0.15) is 11.9 Å². The van der Waals surface area contributed by atoms with Gasteiger partial charge in [0.2, 0.25) is 5.95 Å². The number of nitrogens with one attached hydrogen (secondary N) is 2. The Morgan fingerprint density at radius 1 is 1.10 bits per heavy atom. The Morgan fingerprint density at radius 3 is 2.29 bits per heavy atom. The molecule has 214 valence electrons. The average Bonchev–Trinajstić information content (AvgIpc) is 3.59. The number of hydrogen-bond acceptors (Lipinski definition) is 8. The number of hydrogen-bond donors (Lipinski definition) is 4. The lowest BCUT2D eigenvalue weighted by Gasteiger charge is -2.32. The minimum absolute atomic E-state index is 0.00564. The third-order valence-electron chi connectivity index (χ3n) is 8.29. The lowest BCUT2D eigenvalue weighted by atomic mass is 9.74. The molecule has 1 aromatic carbocycles. The number of nitrogens with zero attached hydrogens (tertiary/aromatic N) is 3. The maximum absolute atomic E-state index is 14.0. The smallest absolute Gasteiger partial charge is 0.399 e. The number of benzene rings is 1. The van der Waals surface area contributed by atoms with Crippen LogP contribution in [0.1, 0.15) is 50.9 Å². The number of nitrogens with two attached hydrogens (primary N) is 2. The highest BCUT2D eigenvalue weighted by molar-refractivity contribution is 6.64. The number of nitrogen functional groups attached to an aromatic ring is 1. The number of rotatable bonds is 6. The standard InChI is InChI=1S/C27H29BF3N7O3/c1-25(2)26(3,4)41-28(40-25)17-7-15-18(8-14(17)13-9-35-24(33)36-10-13)37-20-16(22(32)39)11-34-23(19(15)20)38-21(12-5-6-12)27(29,30)31/h7-12,21,37H,5-6H2,1-4H3,(H2,32,39)(H,34,38)(H2,33,35,36). The third kappa shape index (κ3) is 4.64. The number of halogens is 3. The van der Waals surface area contributed by atoms with Crippen LogP contribution in [0.25, 0.3) is 32.9 Å². The van der Waals surface area contributed by atoms with E-state index in [2.05, 4.69) is 25.3 Å². The summed E-state index contributed by atoms with van der Waals surface area (Å²) in [5.41, 5.74) is 12.7. The van der Waals surface area contributed by atoms with Crippen molar-refractivity contribution in [3.63, 3.8) is 0 Å². The first-order valence-corrected chi connectivity index (χ1v) is 13.2. The average molecular weight is 567 g/mol. The lowest BCUT2D eigenvalue weighted by Crippen LogP contribution is -2.41. The molecule has 6 N–H and O–H groups in total. The van der Waals surface area contributed by atoms with E-state index in [1.54, 1.807) is 24.5 Å². The van der Waals surface area contributed by atoms with Crippen LogP contribution >= 0.6 is 0 Å². The number of carbonyl (C=O) groups excluding carboxylic acids is 1. The van der Waals surface area contributed by atoms with Crippen molar-refractivity contribution in [3.8, 4) is 11.1 Å². The number of aromatic nitrogens is 4. The molecule has 4 heterocycles. The highest BCUT2D eigenvalue weighted by atomic mass is 19.4. The summed E-state index contributed by atoms with van der Waals surface area (Å²) in [7, 11) is -0.833. The van der Waals surface area contributed by atoms with Crippen LogP contribution < -0.4 is 22.2 Å². The second kappa shape index (κ2) is 9.05. The Bertz CT molecular complexity index is 1670. The molecule has 10 nitrogen and oxygen atoms in total. The van der Waals surface area contributed by atoms with Crippen LogP contribution in [0.15, 0.2) is 30.7 Å². The normalized spacial score (nSPS) is 19.1. The van der Waals surface area contributed by atoms with Gasteiger partial charge >= 0.3 is 13.3 Å². The number of anilines is 2. The molecule has 1 unspecified atom stereocenters. The van der Waals surface area contributed by atoms with Gasteiger partial charge < -0.3 is 31.1 Å². The number of alkyl halides is 3. The zero-order valence-electron chi connectivity index (χ0n) is 22.9. The molecule has 0 radical (unpaired) electrons. The Labute approximate surface area is 233 Å². The minimum atomic E-state index is -4.49. The summed E-state index contributed by atoms with van der Waals surface area (Å²) in [6.07, 6.45) is 0.757. The van der Waals surface area contributed by atoms with Crippen molar-refractivity contribution in [2.45, 2.75) is 64.0 Å². The number of pyridine rings is 1. The fraction of sp³-hybridized carbons (Fsp3) is 0.407. The number of fused-ring (bicyclic) bond motifs is 3. The molecular weight excluding hydrogens is 538 g/mol. The van der Waals surface area contributed by atoms with Gasteiger partial charge in [0, 0.05) is 35.1 Å². The van der Waals surface area contributed by atoms with E-state index in [9.17, 15) is 18.0 Å². The predicted octanol–water partition coefficient (Wildman–Crippen LogP) is 3.91. The molecule has 2 aliphatic rings. The lowest BCUT2D eigenvalue weighted by molar-refractivity contribution is -0.146. The summed E-state index contributed by atoms with van der Waals surface area (Å²) in [5.74, 6) is -1.23. The van der Waals surface area contributed by atoms with Crippen molar-refractivity contribution in [1.82, 2.24) is 19.9 Å². The fourth-order valence-electron chi connectivity index (χ4n) is 5.20. The molecule has 14 heteroatoms. The monoisotopic (exact) mass is 567 g/mol. The zero-order valence-corrected chi connectivity index (χ0v) is 22.9. The fourth-order valence-corrected chi connectivity index (χ4v) is 5.20. The van der Waals surface area contributed by atoms with Crippen molar-refractivity contribution in [3.05, 3.63) is 36.3 Å². The van der Waals surface area contributed by atoms with E-state index in [-0.39, 0.29) is 22.8 Å². The maximum atomic E-state index is 14.0. The summed E-state index contributed by atoms with van der Waals surface area (Å²) in [6, 6.07) is 1.79. The van der Waals surface area contributed by atoms with Crippen molar-refractivity contribution in [1.29, 1.82) is 0 Å². The Kier molecular flexibility index (Phi) is 6.02. The van der Waals surface area contributed by atoms with Crippen LogP contribution in [-0.2, 0) is 9.31 Å². The van der Waals surface area contributed by atoms with Crippen LogP contribution in [-0.4, -0.2) is 56.4 Å². The number of carbonyl (C=O) groups is 1. The van der Waals surface area contributed by atoms with Crippen molar-refractivity contribution < 1.29 is 27.3 Å². The summed E-state index contributed by atoms with van der Waals surface area (Å²) < 4.78 is 54.7. The van der Waals surface area contributed by atoms with Crippen LogP contribution in [0.5, 0.6) is 0 Å². The molecule has 1 saturated heterocycles. The predicted molar refractivity (Wildman–Crippen MR) is 149 cm³/mol. The van der Waals surface area contributed by atoms with Crippen LogP contribution in [0.4, 0.5) is 24.9 Å². The summed E-state index contributed by atoms with van der Waals surface area (Å²) in [5, 5.41) is 3.45. The third-order valence-corrected chi connectivity index (χ3v) is 8.29. The van der Waals surface area contributed by atoms with E-state index in [1.807, 2.05) is 27.7 Å². The second-order valence-electron chi connectivity index (χ2n) is 11.7. The zero-order chi connectivity index (χ0) is 29.5. The SMILES string of the molecule is CC1(C)OB(c2cc3c(cc2-c2cnc(N)nc2)[nH]c2c(C(N)=O)cnc(NC(C4CC4)C(F)(F)F)c23)OC1(C)C. The van der Waals surface area contributed by atoms with E-state index in [0.29, 0.717) is 45.7 Å². The van der Waals surface area contributed by atoms with E-state index < -0.39 is 42.4 Å². The highest BCUT2D eigenvalue weighted by Gasteiger charge is 2.52. The molecule has 0 spiro atoms. The number of aromatic amines is 1. The molecule has 1 amide bonds. The Balaban J connectivity index is 1.61. The Morgan fingerprint density at radius 2 is 1.73 bits per heavy atom. The van der Waals surface area contributed by atoms with Crippen LogP contribution in [0, 0.1) is 5.92 Å². The summed E-state index contributed by atoms with van der Waals surface area (Å²) in [6.45, 7) is 7.68. The van der Waals surface area contributed by atoms with Gasteiger partial charge in [-0.25, -0.2) is 15.0 Å². The first kappa shape index (κ1) is 27.3. The molecule has 2 fully saturated rings. The largest absolute Gasteiger partial charge is 0.495 e. The first-order chi connectivity index (χ1) is 19.2. The van der Waals surface area contributed by atoms with E-state index in [1.165, 1.54) is 6.20 Å². The van der Waals surface area contributed by atoms with Crippen LogP contribution in [0.3, 0.4) is 0 Å². The highest BCUT2D eigenvalue weighted by Crippen LogP contribution is 2.44. The molecule has 1 atom stereocenters. The molecule has 0 bridgehead atoms. The van der Waals surface area contributed by atoms with Crippen molar-refractivity contribution in [2.75, 3.05) is 11.1 Å². The van der Waals surface area contributed by atoms with Gasteiger partial charge in [-0.15, -0.1) is 0 Å². The minimum Gasteiger partial charge on any atom is -0.399 e. The van der Waals surface area contributed by atoms with Gasteiger partial charge in [-0.3, -0.25) is 4.79 Å². The Hall–Kier alpha value is -3.91. The molecule has 4 aromatic rings. The van der Waals surface area contributed by atoms with Crippen molar-refractivity contribution in [2.24, 2.45) is 11.7 Å². The summed E-state index contributed by atoms with van der Waals surface area (Å²) in [4.78, 5) is 28.0. The van der Waals surface area contributed by atoms with Gasteiger partial charge in [-0.05, 0) is 63.5 Å². The second-order valence-corrected chi connectivity index (χ2v) is 11.7. The number of H-pyrrole nitrogens is 1. The molecule has 3 aromatic heterocycles. The van der Waals surface area contributed by atoms with Crippen molar-refractivity contribution >= 4 is 52.1 Å². The van der Waals surface area contributed by atoms with E-state index in [4.69, 9.17) is 20.8 Å². The molecule has 1 saturated carbocycles. The number of primary amides is 1. The topological polar surface area (TPSA) is 154 Å². The van der Waals surface area contributed by atoms with E-state index in [0.717, 1.165) is 0 Å². The van der Waals surface area contributed by atoms with Gasteiger partial charge in [0.15, 0.2) is 0 Å². The van der Waals surface area contributed by atoms with Gasteiger partial charge in [-0.2, -0.15) is 13.2 Å². The van der Waals surface area contributed by atoms with Gasteiger partial charge in [0.05, 0.1) is 27.7 Å². The maximum Gasteiger partial charge on any atom is 0.495 e. The molecule has 1 aliphatic heterocycles. The van der Waals surface area contributed by atoms with Crippen LogP contribution in [0.2, 0.25) is 0 Å². The van der Waals surface area contributed by atoms with Gasteiger partial charge in [0.25, 0.3) is 5.91 Å². The first-order valence-electron chi connectivity index (χ1n) is 13.2. The molecular formula is C27H29BF3N7O3.